The summed E-state index contributed by atoms with van der Waals surface area (Å²) in [6, 6.07) is 8.10. The molecule has 2 aromatic rings. The van der Waals surface area contributed by atoms with Gasteiger partial charge in [-0.3, -0.25) is 0 Å². The fourth-order valence-electron chi connectivity index (χ4n) is 1.61. The Morgan fingerprint density at radius 3 is 3.00 bits per heavy atom. The average molecular weight is 341 g/mol. The molecule has 1 heterocycles. The van der Waals surface area contributed by atoms with Crippen LogP contribution in [0, 0.1) is 0 Å². The molecule has 100 valence electrons. The number of aromatic nitrogens is 1. The first kappa shape index (κ1) is 14.0. The molecule has 0 saturated carbocycles. The molecule has 1 aromatic heterocycles. The van der Waals surface area contributed by atoms with E-state index in [1.54, 1.807) is 5.38 Å². The Hall–Kier alpha value is -1.40. The van der Waals surface area contributed by atoms with Crippen LogP contribution in [0.15, 0.2) is 34.1 Å². The number of benzene rings is 1. The number of thiazole rings is 1. The number of anilines is 1. The lowest BCUT2D eigenvalue weighted by molar-refractivity contribution is 0.0595. The molecule has 0 N–H and O–H groups in total. The van der Waals surface area contributed by atoms with E-state index in [0.717, 1.165) is 16.1 Å². The van der Waals surface area contributed by atoms with Crippen molar-refractivity contribution in [3.8, 4) is 0 Å². The molecule has 0 atom stereocenters. The van der Waals surface area contributed by atoms with Gasteiger partial charge in [0.15, 0.2) is 10.8 Å². The van der Waals surface area contributed by atoms with Gasteiger partial charge in [-0.25, -0.2) is 9.78 Å². The predicted octanol–water partition coefficient (Wildman–Crippen LogP) is 3.33. The minimum atomic E-state index is -0.404. The SMILES string of the molecule is COC(=O)c1csc(N(C)Cc2cccc(Br)c2)n1. The Morgan fingerprint density at radius 2 is 2.32 bits per heavy atom. The quantitative estimate of drug-likeness (QED) is 0.800. The molecule has 0 spiro atoms. The van der Waals surface area contributed by atoms with Crippen LogP contribution in [-0.4, -0.2) is 25.1 Å². The Morgan fingerprint density at radius 1 is 1.53 bits per heavy atom. The van der Waals surface area contributed by atoms with Gasteiger partial charge in [0.1, 0.15) is 0 Å². The summed E-state index contributed by atoms with van der Waals surface area (Å²) in [6.07, 6.45) is 0. The van der Waals surface area contributed by atoms with Gasteiger partial charge in [-0.05, 0) is 17.7 Å². The van der Waals surface area contributed by atoms with Crippen molar-refractivity contribution in [1.82, 2.24) is 4.98 Å². The largest absolute Gasteiger partial charge is 0.464 e. The topological polar surface area (TPSA) is 42.4 Å². The first-order valence-electron chi connectivity index (χ1n) is 5.59. The molecule has 0 aliphatic heterocycles. The molecular weight excluding hydrogens is 328 g/mol. The van der Waals surface area contributed by atoms with Gasteiger partial charge < -0.3 is 9.64 Å². The lowest BCUT2D eigenvalue weighted by Crippen LogP contribution is -2.16. The monoisotopic (exact) mass is 340 g/mol. The third kappa shape index (κ3) is 3.54. The standard InChI is InChI=1S/C13H13BrN2O2S/c1-16(7-9-4-3-5-10(14)6-9)13-15-11(8-19-13)12(17)18-2/h3-6,8H,7H2,1-2H3. The van der Waals surface area contributed by atoms with E-state index in [1.165, 1.54) is 24.0 Å². The van der Waals surface area contributed by atoms with E-state index in [4.69, 9.17) is 0 Å². The van der Waals surface area contributed by atoms with Crippen LogP contribution >= 0.6 is 27.3 Å². The van der Waals surface area contributed by atoms with E-state index in [0.29, 0.717) is 5.69 Å². The van der Waals surface area contributed by atoms with Crippen molar-refractivity contribution in [2.75, 3.05) is 19.1 Å². The maximum Gasteiger partial charge on any atom is 0.357 e. The van der Waals surface area contributed by atoms with Crippen molar-refractivity contribution in [3.63, 3.8) is 0 Å². The smallest absolute Gasteiger partial charge is 0.357 e. The summed E-state index contributed by atoms with van der Waals surface area (Å²) in [5.41, 5.74) is 1.52. The minimum Gasteiger partial charge on any atom is -0.464 e. The number of carbonyl (C=O) groups excluding carboxylic acids is 1. The van der Waals surface area contributed by atoms with E-state index in [1.807, 2.05) is 24.1 Å². The number of carbonyl (C=O) groups is 1. The summed E-state index contributed by atoms with van der Waals surface area (Å²) in [6.45, 7) is 0.730. The molecule has 0 aliphatic rings. The van der Waals surface area contributed by atoms with E-state index < -0.39 is 5.97 Å². The Kier molecular flexibility index (Phi) is 4.55. The first-order valence-corrected chi connectivity index (χ1v) is 7.27. The van der Waals surface area contributed by atoms with Gasteiger partial charge in [0.05, 0.1) is 7.11 Å². The van der Waals surface area contributed by atoms with E-state index in [2.05, 4.69) is 37.8 Å². The highest BCUT2D eigenvalue weighted by Gasteiger charge is 2.13. The molecule has 6 heteroatoms. The normalized spacial score (nSPS) is 10.3. The summed E-state index contributed by atoms with van der Waals surface area (Å²) < 4.78 is 5.69. The van der Waals surface area contributed by atoms with E-state index in [9.17, 15) is 4.79 Å². The average Bonchev–Trinajstić information content (AvgIpc) is 2.87. The van der Waals surface area contributed by atoms with E-state index >= 15 is 0 Å². The van der Waals surface area contributed by atoms with Crippen LogP contribution in [0.3, 0.4) is 0 Å². The van der Waals surface area contributed by atoms with Gasteiger partial charge in [0.2, 0.25) is 0 Å². The molecule has 0 unspecified atom stereocenters. The summed E-state index contributed by atoms with van der Waals surface area (Å²) in [7, 11) is 3.30. The van der Waals surface area contributed by atoms with E-state index in [-0.39, 0.29) is 0 Å². The maximum atomic E-state index is 11.3. The number of hydrogen-bond acceptors (Lipinski definition) is 5. The molecule has 0 bridgehead atoms. The fraction of sp³-hybridized carbons (Fsp3) is 0.231. The number of ether oxygens (including phenoxy) is 1. The van der Waals surface area contributed by atoms with Crippen molar-refractivity contribution in [1.29, 1.82) is 0 Å². The number of hydrogen-bond donors (Lipinski definition) is 0. The highest BCUT2D eigenvalue weighted by Crippen LogP contribution is 2.22. The van der Waals surface area contributed by atoms with Crippen LogP contribution in [0.25, 0.3) is 0 Å². The number of esters is 1. The van der Waals surface area contributed by atoms with Gasteiger partial charge in [0, 0.05) is 23.4 Å². The molecule has 2 rings (SSSR count). The highest BCUT2D eigenvalue weighted by molar-refractivity contribution is 9.10. The molecule has 0 fully saturated rings. The van der Waals surface area contributed by atoms with Crippen LogP contribution in [-0.2, 0) is 11.3 Å². The van der Waals surface area contributed by atoms with Crippen molar-refractivity contribution < 1.29 is 9.53 Å². The Bertz CT molecular complexity index is 586. The second kappa shape index (κ2) is 6.16. The zero-order valence-electron chi connectivity index (χ0n) is 10.6. The van der Waals surface area contributed by atoms with Gasteiger partial charge in [0.25, 0.3) is 0 Å². The summed E-state index contributed by atoms with van der Waals surface area (Å²) >= 11 is 4.88. The van der Waals surface area contributed by atoms with Crippen LogP contribution in [0.1, 0.15) is 16.1 Å². The number of nitrogens with zero attached hydrogens (tertiary/aromatic N) is 2. The molecule has 19 heavy (non-hydrogen) atoms. The van der Waals surface area contributed by atoms with Crippen LogP contribution < -0.4 is 4.90 Å². The second-order valence-electron chi connectivity index (χ2n) is 3.99. The third-order valence-corrected chi connectivity index (χ3v) is 3.97. The zero-order chi connectivity index (χ0) is 13.8. The first-order chi connectivity index (χ1) is 9.10. The van der Waals surface area contributed by atoms with Crippen molar-refractivity contribution >= 4 is 38.4 Å². The molecule has 4 nitrogen and oxygen atoms in total. The van der Waals surface area contributed by atoms with Crippen LogP contribution in [0.4, 0.5) is 5.13 Å². The molecule has 0 aliphatic carbocycles. The molecular formula is C13H13BrN2O2S. The lowest BCUT2D eigenvalue weighted by atomic mass is 10.2. The molecule has 0 saturated heterocycles. The summed E-state index contributed by atoms with van der Waals surface area (Å²) in [5.74, 6) is -0.404. The maximum absolute atomic E-state index is 11.3. The minimum absolute atomic E-state index is 0.351. The Labute approximate surface area is 124 Å². The second-order valence-corrected chi connectivity index (χ2v) is 5.75. The van der Waals surface area contributed by atoms with Crippen LogP contribution in [0.2, 0.25) is 0 Å². The third-order valence-electron chi connectivity index (χ3n) is 2.52. The number of methoxy groups -OCH3 is 1. The van der Waals surface area contributed by atoms with Crippen molar-refractivity contribution in [2.24, 2.45) is 0 Å². The van der Waals surface area contributed by atoms with Crippen molar-refractivity contribution in [3.05, 3.63) is 45.4 Å². The fourth-order valence-corrected chi connectivity index (χ4v) is 2.82. The summed E-state index contributed by atoms with van der Waals surface area (Å²) in [4.78, 5) is 17.6. The number of rotatable bonds is 4. The van der Waals surface area contributed by atoms with Gasteiger partial charge >= 0.3 is 5.97 Å². The molecule has 0 amide bonds. The lowest BCUT2D eigenvalue weighted by Gasteiger charge is -2.15. The van der Waals surface area contributed by atoms with Crippen molar-refractivity contribution in [2.45, 2.75) is 6.54 Å². The summed E-state index contributed by atoms with van der Waals surface area (Å²) in [5, 5.41) is 2.50. The van der Waals surface area contributed by atoms with Crippen LogP contribution in [0.5, 0.6) is 0 Å². The number of halogens is 1. The van der Waals surface area contributed by atoms with Gasteiger partial charge in [-0.2, -0.15) is 0 Å². The molecule has 0 radical (unpaired) electrons. The highest BCUT2D eigenvalue weighted by atomic mass is 79.9. The Balaban J connectivity index is 2.09. The van der Waals surface area contributed by atoms with Gasteiger partial charge in [-0.15, -0.1) is 11.3 Å². The predicted molar refractivity (Wildman–Crippen MR) is 79.7 cm³/mol. The zero-order valence-corrected chi connectivity index (χ0v) is 13.0. The van der Waals surface area contributed by atoms with Gasteiger partial charge in [-0.1, -0.05) is 28.1 Å². The molecule has 1 aromatic carbocycles.